The zero-order valence-corrected chi connectivity index (χ0v) is 14.3. The zero-order chi connectivity index (χ0) is 16.9. The van der Waals surface area contributed by atoms with Crippen molar-refractivity contribution in [3.05, 3.63) is 46.9 Å². The third kappa shape index (κ3) is 4.76. The van der Waals surface area contributed by atoms with Crippen molar-refractivity contribution in [2.45, 2.75) is 38.2 Å². The van der Waals surface area contributed by atoms with Gasteiger partial charge in [-0.2, -0.15) is 0 Å². The number of rotatable bonds is 5. The molecule has 0 aromatic heterocycles. The van der Waals surface area contributed by atoms with Crippen molar-refractivity contribution in [2.24, 2.45) is 0 Å². The van der Waals surface area contributed by atoms with Crippen molar-refractivity contribution in [1.29, 1.82) is 0 Å². The summed E-state index contributed by atoms with van der Waals surface area (Å²) < 4.78 is 9.94. The zero-order valence-electron chi connectivity index (χ0n) is 13.5. The second-order valence-corrected chi connectivity index (χ2v) is 7.37. The highest BCUT2D eigenvalue weighted by molar-refractivity contribution is 8.06. The first-order chi connectivity index (χ1) is 10.9. The van der Waals surface area contributed by atoms with Crippen LogP contribution >= 0.6 is 11.8 Å². The largest absolute Gasteiger partial charge is 0.463 e. The highest BCUT2D eigenvalue weighted by Crippen LogP contribution is 2.49. The maximum Gasteiger partial charge on any atom is 0.408 e. The molecule has 1 amide bonds. The number of ether oxygens (including phenoxy) is 2. The molecular weight excluding hydrogens is 314 g/mol. The summed E-state index contributed by atoms with van der Waals surface area (Å²) in [5, 5.41) is 2.82. The summed E-state index contributed by atoms with van der Waals surface area (Å²) in [6.45, 7) is 6.30. The van der Waals surface area contributed by atoms with Crippen molar-refractivity contribution < 1.29 is 19.1 Å². The fraction of sp³-hybridized carbons (Fsp3) is 0.412. The Balaban J connectivity index is 1.90. The van der Waals surface area contributed by atoms with Crippen LogP contribution in [0.2, 0.25) is 0 Å². The van der Waals surface area contributed by atoms with Crippen LogP contribution in [0.4, 0.5) is 4.79 Å². The quantitative estimate of drug-likeness (QED) is 0.661. The molecule has 1 heterocycles. The van der Waals surface area contributed by atoms with Crippen LogP contribution in [0.15, 0.2) is 41.3 Å². The summed E-state index contributed by atoms with van der Waals surface area (Å²) in [5.41, 5.74) is 0.923. The van der Waals surface area contributed by atoms with Gasteiger partial charge in [-0.3, -0.25) is 0 Å². The van der Waals surface area contributed by atoms with Crippen molar-refractivity contribution in [1.82, 2.24) is 5.32 Å². The summed E-state index contributed by atoms with van der Waals surface area (Å²) in [5.74, 6) is -0.394. The Labute approximate surface area is 140 Å². The van der Waals surface area contributed by atoms with Gasteiger partial charge in [0.2, 0.25) is 0 Å². The minimum absolute atomic E-state index is 0.190. The third-order valence-corrected chi connectivity index (χ3v) is 4.73. The number of benzene rings is 1. The molecule has 1 atom stereocenters. The van der Waals surface area contributed by atoms with E-state index in [2.05, 4.69) is 5.32 Å². The van der Waals surface area contributed by atoms with E-state index in [1.54, 1.807) is 6.92 Å². The second-order valence-electron chi connectivity index (χ2n) is 5.64. The molecule has 124 valence electrons. The van der Waals surface area contributed by atoms with E-state index in [0.29, 0.717) is 6.61 Å². The molecule has 1 aliphatic rings. The first kappa shape index (κ1) is 17.4. The molecule has 0 aliphatic carbocycles. The Morgan fingerprint density at radius 3 is 2.57 bits per heavy atom. The predicted molar refractivity (Wildman–Crippen MR) is 89.9 cm³/mol. The molecule has 1 fully saturated rings. The molecule has 0 spiro atoms. The number of carbonyl (C=O) groups excluding carboxylic acids is 2. The van der Waals surface area contributed by atoms with E-state index >= 15 is 0 Å². The minimum Gasteiger partial charge on any atom is -0.463 e. The lowest BCUT2D eigenvalue weighted by Crippen LogP contribution is -2.55. The molecule has 6 heteroatoms. The predicted octanol–water partition coefficient (Wildman–Crippen LogP) is 3.25. The monoisotopic (exact) mass is 335 g/mol. The van der Waals surface area contributed by atoms with Gasteiger partial charge in [-0.25, -0.2) is 9.59 Å². The lowest BCUT2D eigenvalue weighted by atomic mass is 10.0. The van der Waals surface area contributed by atoms with Gasteiger partial charge >= 0.3 is 12.1 Å². The average Bonchev–Trinajstić information content (AvgIpc) is 2.51. The van der Waals surface area contributed by atoms with E-state index < -0.39 is 12.1 Å². The number of amides is 1. The van der Waals surface area contributed by atoms with E-state index in [9.17, 15) is 9.59 Å². The van der Waals surface area contributed by atoms with E-state index in [4.69, 9.17) is 9.47 Å². The van der Waals surface area contributed by atoms with Crippen LogP contribution in [0.25, 0.3) is 0 Å². The molecule has 1 saturated heterocycles. The number of hydrogen-bond acceptors (Lipinski definition) is 5. The number of hydrogen-bond donors (Lipinski definition) is 1. The molecule has 1 aliphatic heterocycles. The standard InChI is InChI=1S/C17H21NO4S/c1-4-21-14(19)10-13-15(17(2,3)23-13)18-16(20)22-11-12-8-6-5-7-9-12/h5-10,15H,4,11H2,1-3H3,(H,18,20)/b13-10+/t15-/m0/s1. The molecular formula is C17H21NO4S. The number of carbonyl (C=O) groups is 2. The van der Waals surface area contributed by atoms with Gasteiger partial charge in [0.15, 0.2) is 0 Å². The van der Waals surface area contributed by atoms with Crippen LogP contribution in [-0.2, 0) is 20.9 Å². The van der Waals surface area contributed by atoms with E-state index in [-0.39, 0.29) is 17.4 Å². The van der Waals surface area contributed by atoms with Gasteiger partial charge < -0.3 is 14.8 Å². The number of esters is 1. The Morgan fingerprint density at radius 2 is 1.96 bits per heavy atom. The molecule has 5 nitrogen and oxygen atoms in total. The van der Waals surface area contributed by atoms with Gasteiger partial charge in [-0.15, -0.1) is 11.8 Å². The fourth-order valence-corrected chi connectivity index (χ4v) is 3.60. The lowest BCUT2D eigenvalue weighted by Gasteiger charge is -2.45. The van der Waals surface area contributed by atoms with Gasteiger partial charge in [-0.1, -0.05) is 30.3 Å². The first-order valence-corrected chi connectivity index (χ1v) is 8.28. The maximum atomic E-state index is 12.0. The fourth-order valence-electron chi connectivity index (χ4n) is 2.25. The highest BCUT2D eigenvalue weighted by Gasteiger charge is 2.46. The minimum atomic E-state index is -0.498. The summed E-state index contributed by atoms with van der Waals surface area (Å²) >= 11 is 1.54. The Kier molecular flexibility index (Phi) is 5.71. The van der Waals surface area contributed by atoms with Gasteiger partial charge in [0.05, 0.1) is 12.6 Å². The molecule has 1 aromatic carbocycles. The van der Waals surface area contributed by atoms with E-state index in [0.717, 1.165) is 10.5 Å². The van der Waals surface area contributed by atoms with Crippen molar-refractivity contribution in [3.8, 4) is 0 Å². The van der Waals surface area contributed by atoms with Crippen LogP contribution in [0.3, 0.4) is 0 Å². The van der Waals surface area contributed by atoms with Crippen molar-refractivity contribution >= 4 is 23.8 Å². The smallest absolute Gasteiger partial charge is 0.408 e. The molecule has 2 rings (SSSR count). The Hall–Kier alpha value is -1.95. The van der Waals surface area contributed by atoms with Gasteiger partial charge in [-0.05, 0) is 26.3 Å². The molecule has 0 unspecified atom stereocenters. The average molecular weight is 335 g/mol. The first-order valence-electron chi connectivity index (χ1n) is 7.47. The summed E-state index contributed by atoms with van der Waals surface area (Å²) in [4.78, 5) is 24.3. The van der Waals surface area contributed by atoms with Crippen LogP contribution in [0, 0.1) is 0 Å². The summed E-state index contributed by atoms with van der Waals surface area (Å²) in [6, 6.07) is 9.22. The molecule has 1 aromatic rings. The van der Waals surface area contributed by atoms with Crippen molar-refractivity contribution in [3.63, 3.8) is 0 Å². The van der Waals surface area contributed by atoms with Gasteiger partial charge in [0.1, 0.15) is 6.61 Å². The molecule has 1 N–H and O–H groups in total. The van der Waals surface area contributed by atoms with Gasteiger partial charge in [0, 0.05) is 15.7 Å². The highest BCUT2D eigenvalue weighted by atomic mass is 32.2. The Morgan fingerprint density at radius 1 is 1.26 bits per heavy atom. The van der Waals surface area contributed by atoms with Crippen LogP contribution in [-0.4, -0.2) is 29.5 Å². The summed E-state index contributed by atoms with van der Waals surface area (Å²) in [7, 11) is 0. The molecule has 0 radical (unpaired) electrons. The third-order valence-electron chi connectivity index (χ3n) is 3.38. The van der Waals surface area contributed by atoms with E-state index in [1.165, 1.54) is 17.8 Å². The Bertz CT molecular complexity index is 598. The van der Waals surface area contributed by atoms with Crippen LogP contribution in [0.5, 0.6) is 0 Å². The second kappa shape index (κ2) is 7.55. The number of nitrogens with one attached hydrogen (secondary N) is 1. The van der Waals surface area contributed by atoms with Crippen LogP contribution in [0.1, 0.15) is 26.3 Å². The molecule has 0 saturated carbocycles. The normalized spacial score (nSPS) is 20.5. The number of alkyl carbamates (subject to hydrolysis) is 1. The number of thioether (sulfide) groups is 1. The van der Waals surface area contributed by atoms with Crippen LogP contribution < -0.4 is 5.32 Å². The maximum absolute atomic E-state index is 12.0. The topological polar surface area (TPSA) is 64.6 Å². The van der Waals surface area contributed by atoms with Gasteiger partial charge in [0.25, 0.3) is 0 Å². The molecule has 23 heavy (non-hydrogen) atoms. The van der Waals surface area contributed by atoms with E-state index in [1.807, 2.05) is 44.2 Å². The summed E-state index contributed by atoms with van der Waals surface area (Å²) in [6.07, 6.45) is 0.934. The lowest BCUT2D eigenvalue weighted by molar-refractivity contribution is -0.137. The van der Waals surface area contributed by atoms with Crippen molar-refractivity contribution in [2.75, 3.05) is 6.61 Å². The SMILES string of the molecule is CCOC(=O)/C=C1/SC(C)(C)[C@H]1NC(=O)OCc1ccccc1. The molecule has 0 bridgehead atoms.